The lowest BCUT2D eigenvalue weighted by Crippen LogP contribution is -2.36. The second-order valence-electron chi connectivity index (χ2n) is 5.42. The Hall–Kier alpha value is -1.26. The van der Waals surface area contributed by atoms with Crippen LogP contribution in [0.15, 0.2) is 18.2 Å². The minimum atomic E-state index is -0.780. The molecule has 0 amide bonds. The standard InChI is InChI=1S/C15H23ClN2O2/c1-11-5-6-13(9-14(11)16)18(8-7-17(3)4)10-12(2)15(19)20/h5-6,9,12H,7-8,10H2,1-4H3,(H,19,20). The highest BCUT2D eigenvalue weighted by atomic mass is 35.5. The Balaban J connectivity index is 2.90. The summed E-state index contributed by atoms with van der Waals surface area (Å²) in [6.45, 7) is 5.78. The Kier molecular flexibility index (Phi) is 6.30. The van der Waals surface area contributed by atoms with Crippen molar-refractivity contribution in [3.05, 3.63) is 28.8 Å². The molecule has 0 spiro atoms. The summed E-state index contributed by atoms with van der Waals surface area (Å²) in [6, 6.07) is 5.86. The van der Waals surface area contributed by atoms with Crippen LogP contribution < -0.4 is 4.90 Å². The monoisotopic (exact) mass is 298 g/mol. The van der Waals surface area contributed by atoms with Crippen molar-refractivity contribution in [3.8, 4) is 0 Å². The Morgan fingerprint density at radius 3 is 2.50 bits per heavy atom. The van der Waals surface area contributed by atoms with E-state index in [2.05, 4.69) is 9.80 Å². The Morgan fingerprint density at radius 2 is 2.00 bits per heavy atom. The van der Waals surface area contributed by atoms with Gasteiger partial charge in [-0.25, -0.2) is 0 Å². The van der Waals surface area contributed by atoms with Crippen LogP contribution in [0.4, 0.5) is 5.69 Å². The van der Waals surface area contributed by atoms with Crippen LogP contribution in [0.5, 0.6) is 0 Å². The van der Waals surface area contributed by atoms with Gasteiger partial charge in [0.1, 0.15) is 0 Å². The van der Waals surface area contributed by atoms with Crippen molar-refractivity contribution in [2.45, 2.75) is 13.8 Å². The molecular formula is C15H23ClN2O2. The van der Waals surface area contributed by atoms with Crippen molar-refractivity contribution in [1.29, 1.82) is 0 Å². The third-order valence-corrected chi connectivity index (χ3v) is 3.66. The molecule has 1 rings (SSSR count). The average molecular weight is 299 g/mol. The van der Waals surface area contributed by atoms with Gasteiger partial charge in [0.25, 0.3) is 0 Å². The summed E-state index contributed by atoms with van der Waals surface area (Å²) in [5.41, 5.74) is 1.99. The minimum Gasteiger partial charge on any atom is -0.481 e. The van der Waals surface area contributed by atoms with E-state index in [0.29, 0.717) is 11.6 Å². The predicted octanol–water partition coefficient (Wildman–Crippen LogP) is 2.74. The molecular weight excluding hydrogens is 276 g/mol. The van der Waals surface area contributed by atoms with Crippen LogP contribution >= 0.6 is 11.6 Å². The van der Waals surface area contributed by atoms with Crippen LogP contribution in [0, 0.1) is 12.8 Å². The smallest absolute Gasteiger partial charge is 0.308 e. The fourth-order valence-electron chi connectivity index (χ4n) is 1.83. The SMILES string of the molecule is Cc1ccc(N(CCN(C)C)CC(C)C(=O)O)cc1Cl. The second kappa shape index (κ2) is 7.50. The molecule has 0 heterocycles. The third-order valence-electron chi connectivity index (χ3n) is 3.25. The number of carboxylic acids is 1. The normalized spacial score (nSPS) is 12.5. The molecule has 0 aliphatic rings. The Labute approximate surface area is 125 Å². The molecule has 0 radical (unpaired) electrons. The van der Waals surface area contributed by atoms with Gasteiger partial charge in [-0.05, 0) is 38.7 Å². The Morgan fingerprint density at radius 1 is 1.35 bits per heavy atom. The Bertz CT molecular complexity index is 463. The van der Waals surface area contributed by atoms with Gasteiger partial charge in [-0.3, -0.25) is 4.79 Å². The molecule has 20 heavy (non-hydrogen) atoms. The lowest BCUT2D eigenvalue weighted by molar-refractivity contribution is -0.140. The van der Waals surface area contributed by atoms with Crippen LogP contribution in [0.3, 0.4) is 0 Å². The second-order valence-corrected chi connectivity index (χ2v) is 5.83. The summed E-state index contributed by atoms with van der Waals surface area (Å²) in [5, 5.41) is 9.80. The number of aryl methyl sites for hydroxylation is 1. The summed E-state index contributed by atoms with van der Waals surface area (Å²) in [5.74, 6) is -1.20. The average Bonchev–Trinajstić information content (AvgIpc) is 2.37. The number of likely N-dealkylation sites (N-methyl/N-ethyl adjacent to an activating group) is 1. The quantitative estimate of drug-likeness (QED) is 0.840. The maximum absolute atomic E-state index is 11.1. The number of benzene rings is 1. The van der Waals surface area contributed by atoms with Gasteiger partial charge in [-0.1, -0.05) is 24.6 Å². The van der Waals surface area contributed by atoms with Gasteiger partial charge in [0, 0.05) is 30.3 Å². The van der Waals surface area contributed by atoms with E-state index in [9.17, 15) is 4.79 Å². The number of anilines is 1. The number of carbonyl (C=O) groups is 1. The summed E-state index contributed by atoms with van der Waals surface area (Å²) >= 11 is 6.17. The van der Waals surface area contributed by atoms with E-state index < -0.39 is 11.9 Å². The first kappa shape index (κ1) is 16.8. The van der Waals surface area contributed by atoms with Crippen LogP contribution in [0.2, 0.25) is 5.02 Å². The molecule has 1 atom stereocenters. The number of hydrogen-bond donors (Lipinski definition) is 1. The molecule has 0 fully saturated rings. The molecule has 1 unspecified atom stereocenters. The molecule has 0 aliphatic carbocycles. The zero-order valence-electron chi connectivity index (χ0n) is 12.6. The number of nitrogens with zero attached hydrogens (tertiary/aromatic N) is 2. The number of aliphatic carboxylic acids is 1. The van der Waals surface area contributed by atoms with E-state index in [-0.39, 0.29) is 0 Å². The van der Waals surface area contributed by atoms with E-state index in [4.69, 9.17) is 16.7 Å². The number of carboxylic acid groups (broad SMARTS) is 1. The van der Waals surface area contributed by atoms with Crippen molar-refractivity contribution in [1.82, 2.24) is 4.90 Å². The largest absolute Gasteiger partial charge is 0.481 e. The number of rotatable bonds is 7. The van der Waals surface area contributed by atoms with Gasteiger partial charge in [0.2, 0.25) is 0 Å². The first-order valence-electron chi connectivity index (χ1n) is 6.70. The molecule has 0 bridgehead atoms. The highest BCUT2D eigenvalue weighted by Crippen LogP contribution is 2.23. The van der Waals surface area contributed by atoms with Crippen molar-refractivity contribution >= 4 is 23.3 Å². The van der Waals surface area contributed by atoms with Crippen molar-refractivity contribution < 1.29 is 9.90 Å². The lowest BCUT2D eigenvalue weighted by atomic mass is 10.1. The van der Waals surface area contributed by atoms with Crippen LogP contribution in [0.1, 0.15) is 12.5 Å². The fraction of sp³-hybridized carbons (Fsp3) is 0.533. The molecule has 0 aromatic heterocycles. The van der Waals surface area contributed by atoms with Crippen molar-refractivity contribution in [2.24, 2.45) is 5.92 Å². The maximum Gasteiger partial charge on any atom is 0.308 e. The molecule has 1 aromatic carbocycles. The summed E-state index contributed by atoms with van der Waals surface area (Å²) < 4.78 is 0. The first-order valence-corrected chi connectivity index (χ1v) is 7.07. The predicted molar refractivity (Wildman–Crippen MR) is 83.8 cm³/mol. The van der Waals surface area contributed by atoms with Crippen molar-refractivity contribution in [2.75, 3.05) is 38.6 Å². The number of hydrogen-bond acceptors (Lipinski definition) is 3. The number of halogens is 1. The lowest BCUT2D eigenvalue weighted by Gasteiger charge is -2.28. The van der Waals surface area contributed by atoms with E-state index in [1.165, 1.54) is 0 Å². The molecule has 0 aliphatic heterocycles. The van der Waals surface area contributed by atoms with E-state index in [0.717, 1.165) is 24.3 Å². The summed E-state index contributed by atoms with van der Waals surface area (Å²) in [7, 11) is 4.00. The highest BCUT2D eigenvalue weighted by Gasteiger charge is 2.17. The zero-order chi connectivity index (χ0) is 15.3. The molecule has 0 saturated heterocycles. The van der Waals surface area contributed by atoms with E-state index >= 15 is 0 Å². The van der Waals surface area contributed by atoms with Gasteiger partial charge < -0.3 is 14.9 Å². The fourth-order valence-corrected chi connectivity index (χ4v) is 2.01. The van der Waals surface area contributed by atoms with E-state index in [1.54, 1.807) is 6.92 Å². The molecule has 0 saturated carbocycles. The van der Waals surface area contributed by atoms with Gasteiger partial charge in [0.05, 0.1) is 5.92 Å². The zero-order valence-corrected chi connectivity index (χ0v) is 13.3. The van der Waals surface area contributed by atoms with E-state index in [1.807, 2.05) is 39.2 Å². The summed E-state index contributed by atoms with van der Waals surface area (Å²) in [6.07, 6.45) is 0. The van der Waals surface area contributed by atoms with Gasteiger partial charge >= 0.3 is 5.97 Å². The topological polar surface area (TPSA) is 43.8 Å². The molecule has 1 aromatic rings. The first-order chi connectivity index (χ1) is 9.31. The van der Waals surface area contributed by atoms with Gasteiger partial charge in [0.15, 0.2) is 0 Å². The van der Waals surface area contributed by atoms with Gasteiger partial charge in [-0.15, -0.1) is 0 Å². The molecule has 5 heteroatoms. The van der Waals surface area contributed by atoms with Gasteiger partial charge in [-0.2, -0.15) is 0 Å². The minimum absolute atomic E-state index is 0.419. The van der Waals surface area contributed by atoms with Crippen molar-refractivity contribution in [3.63, 3.8) is 0 Å². The van der Waals surface area contributed by atoms with Crippen LogP contribution in [-0.4, -0.2) is 49.7 Å². The third kappa shape index (κ3) is 5.02. The summed E-state index contributed by atoms with van der Waals surface area (Å²) in [4.78, 5) is 15.2. The van der Waals surface area contributed by atoms with Crippen LogP contribution in [-0.2, 0) is 4.79 Å². The maximum atomic E-state index is 11.1. The molecule has 1 N–H and O–H groups in total. The highest BCUT2D eigenvalue weighted by molar-refractivity contribution is 6.31. The molecule has 112 valence electrons. The van der Waals surface area contributed by atoms with Crippen LogP contribution in [0.25, 0.3) is 0 Å². The molecule has 4 nitrogen and oxygen atoms in total.